The first-order chi connectivity index (χ1) is 15.7. The second kappa shape index (κ2) is 15.1. The summed E-state index contributed by atoms with van der Waals surface area (Å²) in [7, 11) is 0. The lowest BCUT2D eigenvalue weighted by Gasteiger charge is -2.14. The van der Waals surface area contributed by atoms with Crippen LogP contribution in [-0.4, -0.2) is 50.2 Å². The third-order valence-electron chi connectivity index (χ3n) is 4.33. The van der Waals surface area contributed by atoms with Crippen molar-refractivity contribution in [1.29, 1.82) is 0 Å². The molecule has 0 aliphatic heterocycles. The number of aliphatic carboxylic acids is 1. The highest BCUT2D eigenvalue weighted by Gasteiger charge is 2.21. The van der Waals surface area contributed by atoms with Crippen molar-refractivity contribution >= 4 is 53.1 Å². The van der Waals surface area contributed by atoms with Gasteiger partial charge < -0.3 is 21.3 Å². The molecule has 0 aliphatic carbocycles. The Morgan fingerprint density at radius 1 is 1.06 bits per heavy atom. The topological polar surface area (TPSA) is 158 Å². The molecule has 180 valence electrons. The molecule has 0 spiro atoms. The standard InChI is InChI=1S/C13H18N2O3S.C9H12N2O2S/c1-3-18-13(17)11(8-19-9(2)16)6-10-4-5-15-12(14)7-10;10-8-4-6(1-2-11-8)3-7(5-14)9(12)13/h4-5,7,11H,3,6,8H2,1-2H3,(H2,14,15);1-2,4,7,14H,3,5H2,(H2,10,11)(H,12,13). The first kappa shape index (κ1) is 28.2. The van der Waals surface area contributed by atoms with E-state index in [2.05, 4.69) is 22.6 Å². The predicted molar refractivity (Wildman–Crippen MR) is 133 cm³/mol. The van der Waals surface area contributed by atoms with E-state index in [4.69, 9.17) is 21.3 Å². The Balaban J connectivity index is 0.000000346. The van der Waals surface area contributed by atoms with Crippen LogP contribution in [0.25, 0.3) is 0 Å². The molecule has 9 nitrogen and oxygen atoms in total. The maximum absolute atomic E-state index is 11.9. The number of carbonyl (C=O) groups is 3. The lowest BCUT2D eigenvalue weighted by atomic mass is 10.0. The van der Waals surface area contributed by atoms with Gasteiger partial charge in [-0.1, -0.05) is 11.8 Å². The van der Waals surface area contributed by atoms with Crippen molar-refractivity contribution in [2.45, 2.75) is 26.7 Å². The lowest BCUT2D eigenvalue weighted by Crippen LogP contribution is -2.23. The number of aromatic nitrogens is 2. The first-order valence-corrected chi connectivity index (χ1v) is 11.8. The van der Waals surface area contributed by atoms with Crippen molar-refractivity contribution in [2.24, 2.45) is 11.8 Å². The quantitative estimate of drug-likeness (QED) is 0.285. The number of carboxylic acids is 1. The predicted octanol–water partition coefficient (Wildman–Crippen LogP) is 2.50. The number of ether oxygens (including phenoxy) is 1. The van der Waals surface area contributed by atoms with Crippen LogP contribution in [0.4, 0.5) is 11.6 Å². The number of pyridine rings is 2. The van der Waals surface area contributed by atoms with E-state index in [1.54, 1.807) is 43.6 Å². The summed E-state index contributed by atoms with van der Waals surface area (Å²) in [5.41, 5.74) is 12.9. The average molecular weight is 495 g/mol. The molecule has 0 saturated carbocycles. The fraction of sp³-hybridized carbons (Fsp3) is 0.409. The van der Waals surface area contributed by atoms with Gasteiger partial charge in [-0.3, -0.25) is 14.4 Å². The fourth-order valence-electron chi connectivity index (χ4n) is 2.73. The Hall–Kier alpha value is -2.79. The van der Waals surface area contributed by atoms with Crippen LogP contribution in [0, 0.1) is 11.8 Å². The summed E-state index contributed by atoms with van der Waals surface area (Å²) in [5, 5.41) is 8.80. The maximum Gasteiger partial charge on any atom is 0.310 e. The summed E-state index contributed by atoms with van der Waals surface area (Å²) in [6.07, 6.45) is 4.10. The van der Waals surface area contributed by atoms with Crippen molar-refractivity contribution in [3.05, 3.63) is 47.8 Å². The van der Waals surface area contributed by atoms with Crippen LogP contribution in [0.3, 0.4) is 0 Å². The lowest BCUT2D eigenvalue weighted by molar-refractivity contribution is -0.147. The highest BCUT2D eigenvalue weighted by Crippen LogP contribution is 2.18. The van der Waals surface area contributed by atoms with Crippen LogP contribution in [0.5, 0.6) is 0 Å². The molecule has 0 fully saturated rings. The van der Waals surface area contributed by atoms with Gasteiger partial charge in [0, 0.05) is 30.8 Å². The largest absolute Gasteiger partial charge is 0.481 e. The molecule has 2 atom stereocenters. The van der Waals surface area contributed by atoms with Crippen LogP contribution in [0.1, 0.15) is 25.0 Å². The minimum Gasteiger partial charge on any atom is -0.481 e. The molecule has 2 heterocycles. The van der Waals surface area contributed by atoms with Gasteiger partial charge in [-0.15, -0.1) is 0 Å². The van der Waals surface area contributed by atoms with Gasteiger partial charge in [-0.2, -0.15) is 12.6 Å². The third-order valence-corrected chi connectivity index (χ3v) is 5.75. The van der Waals surface area contributed by atoms with Crippen LogP contribution in [-0.2, 0) is 32.0 Å². The number of nitrogen functional groups attached to an aromatic ring is 2. The minimum absolute atomic E-state index is 0.0106. The second-order valence-corrected chi connectivity index (χ2v) is 8.62. The maximum atomic E-state index is 11.9. The molecule has 5 N–H and O–H groups in total. The molecule has 0 aliphatic rings. The summed E-state index contributed by atoms with van der Waals surface area (Å²) in [6, 6.07) is 6.97. The fourth-order valence-corrected chi connectivity index (χ4v) is 3.71. The van der Waals surface area contributed by atoms with E-state index >= 15 is 0 Å². The van der Waals surface area contributed by atoms with E-state index in [0.29, 0.717) is 42.6 Å². The van der Waals surface area contributed by atoms with Crippen molar-refractivity contribution in [3.63, 3.8) is 0 Å². The van der Waals surface area contributed by atoms with Crippen LogP contribution in [0.2, 0.25) is 0 Å². The van der Waals surface area contributed by atoms with Crippen molar-refractivity contribution in [3.8, 4) is 0 Å². The van der Waals surface area contributed by atoms with Gasteiger partial charge >= 0.3 is 11.9 Å². The summed E-state index contributed by atoms with van der Waals surface area (Å²) in [6.45, 7) is 3.58. The van der Waals surface area contributed by atoms with Gasteiger partial charge in [0.05, 0.1) is 18.4 Å². The Labute approximate surface area is 203 Å². The number of carboxylic acid groups (broad SMARTS) is 1. The molecule has 0 bridgehead atoms. The molecule has 0 amide bonds. The Morgan fingerprint density at radius 3 is 1.97 bits per heavy atom. The van der Waals surface area contributed by atoms with Gasteiger partial charge in [0.15, 0.2) is 5.12 Å². The van der Waals surface area contributed by atoms with E-state index in [1.165, 1.54) is 6.92 Å². The minimum atomic E-state index is -0.838. The summed E-state index contributed by atoms with van der Waals surface area (Å²) in [5.74, 6) is -0.392. The number of thioether (sulfide) groups is 1. The Kier molecular flexibility index (Phi) is 12.9. The smallest absolute Gasteiger partial charge is 0.310 e. The number of rotatable bonds is 10. The van der Waals surface area contributed by atoms with Crippen LogP contribution < -0.4 is 11.5 Å². The van der Waals surface area contributed by atoms with E-state index in [-0.39, 0.29) is 17.0 Å². The summed E-state index contributed by atoms with van der Waals surface area (Å²) >= 11 is 5.11. The molecule has 33 heavy (non-hydrogen) atoms. The zero-order valence-electron chi connectivity index (χ0n) is 18.6. The molecule has 0 radical (unpaired) electrons. The van der Waals surface area contributed by atoms with Gasteiger partial charge in [0.1, 0.15) is 11.6 Å². The number of hydrogen-bond donors (Lipinski definition) is 4. The van der Waals surface area contributed by atoms with Gasteiger partial charge in [-0.05, 0) is 55.2 Å². The van der Waals surface area contributed by atoms with Crippen molar-refractivity contribution in [2.75, 3.05) is 29.6 Å². The highest BCUT2D eigenvalue weighted by atomic mass is 32.2. The Bertz CT molecular complexity index is 929. The highest BCUT2D eigenvalue weighted by molar-refractivity contribution is 8.13. The number of anilines is 2. The number of nitrogens with two attached hydrogens (primary N) is 2. The molecule has 0 saturated heterocycles. The third kappa shape index (κ3) is 11.6. The summed E-state index contributed by atoms with van der Waals surface area (Å²) < 4.78 is 5.03. The normalized spacial score (nSPS) is 12.1. The monoisotopic (exact) mass is 494 g/mol. The Morgan fingerprint density at radius 2 is 1.58 bits per heavy atom. The molecule has 2 unspecified atom stereocenters. The van der Waals surface area contributed by atoms with Gasteiger partial charge in [0.2, 0.25) is 0 Å². The second-order valence-electron chi connectivity index (χ2n) is 7.06. The molecule has 2 aromatic rings. The number of carbonyl (C=O) groups excluding carboxylic acids is 2. The molecular weight excluding hydrogens is 464 g/mol. The first-order valence-electron chi connectivity index (χ1n) is 10.2. The molecular formula is C22H30N4O5S2. The zero-order valence-corrected chi connectivity index (χ0v) is 20.4. The van der Waals surface area contributed by atoms with Gasteiger partial charge in [-0.25, -0.2) is 9.97 Å². The van der Waals surface area contributed by atoms with E-state index < -0.39 is 11.9 Å². The van der Waals surface area contributed by atoms with Crippen molar-refractivity contribution in [1.82, 2.24) is 9.97 Å². The van der Waals surface area contributed by atoms with Crippen LogP contribution >= 0.6 is 24.4 Å². The summed E-state index contributed by atoms with van der Waals surface area (Å²) in [4.78, 5) is 41.3. The van der Waals surface area contributed by atoms with E-state index in [0.717, 1.165) is 22.9 Å². The van der Waals surface area contributed by atoms with Crippen molar-refractivity contribution < 1.29 is 24.2 Å². The van der Waals surface area contributed by atoms with E-state index in [1.807, 2.05) is 0 Å². The van der Waals surface area contributed by atoms with Gasteiger partial charge in [0.25, 0.3) is 0 Å². The molecule has 11 heteroatoms. The number of esters is 1. The zero-order chi connectivity index (χ0) is 24.8. The molecule has 2 aromatic heterocycles. The number of nitrogens with zero attached hydrogens (tertiary/aromatic N) is 2. The average Bonchev–Trinajstić information content (AvgIpc) is 2.75. The van der Waals surface area contributed by atoms with Crippen LogP contribution in [0.15, 0.2) is 36.7 Å². The number of hydrogen-bond acceptors (Lipinski definition) is 10. The molecule has 2 rings (SSSR count). The molecule has 0 aromatic carbocycles. The van der Waals surface area contributed by atoms with E-state index in [9.17, 15) is 14.4 Å². The number of thiol groups is 1. The SMILES string of the molecule is CCOC(=O)C(CSC(C)=O)Cc1ccnc(N)c1.Nc1cc(CC(CS)C(=O)O)ccn1.